The zero-order valence-electron chi connectivity index (χ0n) is 12.4. The van der Waals surface area contributed by atoms with Crippen molar-refractivity contribution in [2.75, 3.05) is 30.3 Å². The van der Waals surface area contributed by atoms with Gasteiger partial charge in [-0.2, -0.15) is 0 Å². The van der Waals surface area contributed by atoms with E-state index in [0.29, 0.717) is 5.41 Å². The lowest BCUT2D eigenvalue weighted by molar-refractivity contribution is 0.292. The van der Waals surface area contributed by atoms with Gasteiger partial charge in [-0.1, -0.05) is 20.8 Å². The van der Waals surface area contributed by atoms with Gasteiger partial charge in [0.25, 0.3) is 0 Å². The van der Waals surface area contributed by atoms with Gasteiger partial charge in [0, 0.05) is 24.8 Å². The van der Waals surface area contributed by atoms with Gasteiger partial charge in [-0.15, -0.1) is 0 Å². The molecule has 1 fully saturated rings. The Bertz CT molecular complexity index is 429. The summed E-state index contributed by atoms with van der Waals surface area (Å²) in [7, 11) is 0. The van der Waals surface area contributed by atoms with Crippen LogP contribution >= 0.6 is 0 Å². The highest BCUT2D eigenvalue weighted by molar-refractivity contribution is 5.62. The second kappa shape index (κ2) is 5.72. The molecule has 2 rings (SSSR count). The SMILES string of the molecule is CCCOc1cc(N2CCCC(C)(C)C2)ccc1N. The van der Waals surface area contributed by atoms with E-state index in [2.05, 4.69) is 37.8 Å². The zero-order valence-corrected chi connectivity index (χ0v) is 12.4. The lowest BCUT2D eigenvalue weighted by Crippen LogP contribution is -2.40. The first kappa shape index (κ1) is 14.0. The van der Waals surface area contributed by atoms with Crippen molar-refractivity contribution in [3.8, 4) is 5.75 Å². The molecule has 3 nitrogen and oxygen atoms in total. The Hall–Kier alpha value is -1.38. The third-order valence-corrected chi connectivity index (χ3v) is 3.72. The van der Waals surface area contributed by atoms with E-state index in [1.807, 2.05) is 6.07 Å². The fraction of sp³-hybridized carbons (Fsp3) is 0.625. The van der Waals surface area contributed by atoms with Gasteiger partial charge >= 0.3 is 0 Å². The van der Waals surface area contributed by atoms with Crippen LogP contribution in [-0.4, -0.2) is 19.7 Å². The molecule has 1 aliphatic heterocycles. The number of nitrogen functional groups attached to an aromatic ring is 1. The van der Waals surface area contributed by atoms with Crippen molar-refractivity contribution in [3.63, 3.8) is 0 Å². The molecule has 19 heavy (non-hydrogen) atoms. The molecule has 1 aliphatic rings. The summed E-state index contributed by atoms with van der Waals surface area (Å²) in [5.74, 6) is 0.822. The Morgan fingerprint density at radius 2 is 2.16 bits per heavy atom. The second-order valence-electron chi connectivity index (χ2n) is 6.26. The number of piperidine rings is 1. The van der Waals surface area contributed by atoms with Crippen LogP contribution in [0, 0.1) is 5.41 Å². The normalized spacial score (nSPS) is 18.4. The zero-order chi connectivity index (χ0) is 13.9. The molecule has 1 heterocycles. The Kier molecular flexibility index (Phi) is 4.23. The number of benzene rings is 1. The molecule has 0 atom stereocenters. The highest BCUT2D eigenvalue weighted by Crippen LogP contribution is 2.34. The summed E-state index contributed by atoms with van der Waals surface area (Å²) in [5.41, 5.74) is 8.32. The van der Waals surface area contributed by atoms with Crippen molar-refractivity contribution < 1.29 is 4.74 Å². The topological polar surface area (TPSA) is 38.5 Å². The highest BCUT2D eigenvalue weighted by Gasteiger charge is 2.26. The average Bonchev–Trinajstić information content (AvgIpc) is 2.36. The van der Waals surface area contributed by atoms with E-state index in [-0.39, 0.29) is 0 Å². The minimum absolute atomic E-state index is 0.393. The van der Waals surface area contributed by atoms with Gasteiger partial charge in [0.05, 0.1) is 12.3 Å². The summed E-state index contributed by atoms with van der Waals surface area (Å²) in [6.07, 6.45) is 3.56. The first-order valence-electron chi connectivity index (χ1n) is 7.29. The molecule has 1 saturated heterocycles. The molecule has 0 radical (unpaired) electrons. The van der Waals surface area contributed by atoms with Gasteiger partial charge < -0.3 is 15.4 Å². The standard InChI is InChI=1S/C16H26N2O/c1-4-10-19-15-11-13(6-7-14(15)17)18-9-5-8-16(2,3)12-18/h6-7,11H,4-5,8-10,12,17H2,1-3H3. The van der Waals surface area contributed by atoms with Crippen molar-refractivity contribution in [1.29, 1.82) is 0 Å². The minimum Gasteiger partial charge on any atom is -0.491 e. The second-order valence-corrected chi connectivity index (χ2v) is 6.26. The van der Waals surface area contributed by atoms with Crippen LogP contribution in [0.15, 0.2) is 18.2 Å². The maximum absolute atomic E-state index is 5.97. The molecule has 0 bridgehead atoms. The smallest absolute Gasteiger partial charge is 0.144 e. The molecule has 0 aromatic heterocycles. The number of hydrogen-bond donors (Lipinski definition) is 1. The molecule has 0 unspecified atom stereocenters. The van der Waals surface area contributed by atoms with Crippen molar-refractivity contribution in [1.82, 2.24) is 0 Å². The summed E-state index contributed by atoms with van der Waals surface area (Å²) in [6.45, 7) is 9.73. The Morgan fingerprint density at radius 1 is 1.37 bits per heavy atom. The fourth-order valence-electron chi connectivity index (χ4n) is 2.70. The van der Waals surface area contributed by atoms with Crippen LogP contribution in [0.4, 0.5) is 11.4 Å². The number of ether oxygens (including phenoxy) is 1. The van der Waals surface area contributed by atoms with Crippen molar-refractivity contribution in [3.05, 3.63) is 18.2 Å². The van der Waals surface area contributed by atoms with Crippen LogP contribution in [0.25, 0.3) is 0 Å². The third-order valence-electron chi connectivity index (χ3n) is 3.72. The van der Waals surface area contributed by atoms with Crippen LogP contribution in [0.3, 0.4) is 0 Å². The molecule has 0 spiro atoms. The maximum Gasteiger partial charge on any atom is 0.144 e. The average molecular weight is 262 g/mol. The molecule has 3 heteroatoms. The van der Waals surface area contributed by atoms with Crippen molar-refractivity contribution in [2.45, 2.75) is 40.0 Å². The minimum atomic E-state index is 0.393. The molecule has 0 amide bonds. The van der Waals surface area contributed by atoms with Crippen LogP contribution < -0.4 is 15.4 Å². The molecule has 1 aromatic rings. The van der Waals surface area contributed by atoms with E-state index in [1.54, 1.807) is 0 Å². The Morgan fingerprint density at radius 3 is 2.84 bits per heavy atom. The molecular weight excluding hydrogens is 236 g/mol. The summed E-state index contributed by atoms with van der Waals surface area (Å²) in [6, 6.07) is 6.16. The van der Waals surface area contributed by atoms with E-state index < -0.39 is 0 Å². The maximum atomic E-state index is 5.97. The number of hydrogen-bond acceptors (Lipinski definition) is 3. The van der Waals surface area contributed by atoms with E-state index in [1.165, 1.54) is 18.5 Å². The molecule has 0 aliphatic carbocycles. The van der Waals surface area contributed by atoms with Crippen molar-refractivity contribution >= 4 is 11.4 Å². The van der Waals surface area contributed by atoms with E-state index in [9.17, 15) is 0 Å². The predicted octanol–water partition coefficient (Wildman–Crippen LogP) is 3.68. The van der Waals surface area contributed by atoms with Gasteiger partial charge in [-0.3, -0.25) is 0 Å². The predicted molar refractivity (Wildman–Crippen MR) is 81.9 cm³/mol. The molecule has 2 N–H and O–H groups in total. The van der Waals surface area contributed by atoms with Gasteiger partial charge in [0.2, 0.25) is 0 Å². The molecule has 0 saturated carbocycles. The van der Waals surface area contributed by atoms with Crippen LogP contribution in [0.5, 0.6) is 5.75 Å². The first-order valence-corrected chi connectivity index (χ1v) is 7.29. The lowest BCUT2D eigenvalue weighted by atomic mass is 9.84. The summed E-state index contributed by atoms with van der Waals surface area (Å²) in [5, 5.41) is 0. The molecular formula is C16H26N2O. The summed E-state index contributed by atoms with van der Waals surface area (Å²) >= 11 is 0. The summed E-state index contributed by atoms with van der Waals surface area (Å²) in [4.78, 5) is 2.45. The van der Waals surface area contributed by atoms with Crippen LogP contribution in [-0.2, 0) is 0 Å². The summed E-state index contributed by atoms with van der Waals surface area (Å²) < 4.78 is 5.72. The van der Waals surface area contributed by atoms with Crippen LogP contribution in [0.1, 0.15) is 40.0 Å². The number of nitrogens with zero attached hydrogens (tertiary/aromatic N) is 1. The monoisotopic (exact) mass is 262 g/mol. The molecule has 1 aromatic carbocycles. The van der Waals surface area contributed by atoms with Gasteiger partial charge in [-0.05, 0) is 36.8 Å². The largest absolute Gasteiger partial charge is 0.491 e. The number of anilines is 2. The highest BCUT2D eigenvalue weighted by atomic mass is 16.5. The van der Waals surface area contributed by atoms with Crippen molar-refractivity contribution in [2.24, 2.45) is 5.41 Å². The van der Waals surface area contributed by atoms with Gasteiger partial charge in [-0.25, -0.2) is 0 Å². The first-order chi connectivity index (χ1) is 9.02. The molecule has 106 valence electrons. The van der Waals surface area contributed by atoms with E-state index in [0.717, 1.165) is 37.6 Å². The Balaban J connectivity index is 2.15. The number of rotatable bonds is 4. The lowest BCUT2D eigenvalue weighted by Gasteiger charge is -2.39. The van der Waals surface area contributed by atoms with Gasteiger partial charge in [0.15, 0.2) is 0 Å². The third kappa shape index (κ3) is 3.55. The Labute approximate surface area is 116 Å². The van der Waals surface area contributed by atoms with Crippen LogP contribution in [0.2, 0.25) is 0 Å². The van der Waals surface area contributed by atoms with Gasteiger partial charge in [0.1, 0.15) is 5.75 Å². The van der Waals surface area contributed by atoms with E-state index >= 15 is 0 Å². The quantitative estimate of drug-likeness (QED) is 0.841. The fourth-order valence-corrected chi connectivity index (χ4v) is 2.70. The van der Waals surface area contributed by atoms with E-state index in [4.69, 9.17) is 10.5 Å². The number of nitrogens with two attached hydrogens (primary N) is 1.